The molecule has 1 aliphatic rings. The number of fused-ring (bicyclic) bond motifs is 1. The number of oxime groups is 1. The number of benzene rings is 2. The van der Waals surface area contributed by atoms with Crippen molar-refractivity contribution >= 4 is 12.3 Å². The fraction of sp³-hybridized carbons (Fsp3) is 0.143. The second-order valence-corrected chi connectivity index (χ2v) is 6.13. The summed E-state index contributed by atoms with van der Waals surface area (Å²) in [5.74, 6) is 0. The first-order valence-electron chi connectivity index (χ1n) is 8.27. The minimum absolute atomic E-state index is 0.211. The molecular formula is C21H19N3O. The van der Waals surface area contributed by atoms with Crippen molar-refractivity contribution in [2.75, 3.05) is 7.11 Å². The topological polar surface area (TPSA) is 50.3 Å². The smallest absolute Gasteiger partial charge is 0.114 e. The van der Waals surface area contributed by atoms with E-state index in [-0.39, 0.29) is 5.41 Å². The summed E-state index contributed by atoms with van der Waals surface area (Å²) in [6, 6.07) is 21.2. The molecule has 1 heterocycles. The third kappa shape index (κ3) is 2.66. The van der Waals surface area contributed by atoms with E-state index in [0.29, 0.717) is 0 Å². The van der Waals surface area contributed by atoms with E-state index < -0.39 is 0 Å². The molecule has 0 atom stereocenters. The molecule has 0 radical (unpaired) electrons. The van der Waals surface area contributed by atoms with Gasteiger partial charge in [0.1, 0.15) is 12.8 Å². The van der Waals surface area contributed by atoms with Crippen LogP contribution in [0.5, 0.6) is 0 Å². The van der Waals surface area contributed by atoms with Gasteiger partial charge >= 0.3 is 0 Å². The van der Waals surface area contributed by atoms with Crippen molar-refractivity contribution in [2.24, 2.45) is 5.16 Å². The van der Waals surface area contributed by atoms with Crippen LogP contribution in [-0.2, 0) is 16.7 Å². The van der Waals surface area contributed by atoms with Crippen LogP contribution < -0.4 is 0 Å². The molecule has 0 bridgehead atoms. The van der Waals surface area contributed by atoms with Gasteiger partial charge in [-0.1, -0.05) is 78.0 Å². The molecule has 124 valence electrons. The molecule has 25 heavy (non-hydrogen) atoms. The maximum atomic E-state index is 4.78. The van der Waals surface area contributed by atoms with E-state index in [0.717, 1.165) is 23.4 Å². The molecule has 0 unspecified atom stereocenters. The van der Waals surface area contributed by atoms with E-state index in [1.165, 1.54) is 18.2 Å². The molecular weight excluding hydrogens is 310 g/mol. The van der Waals surface area contributed by atoms with Gasteiger partial charge in [0.05, 0.1) is 6.21 Å². The number of H-pyrrole nitrogens is 1. The number of aromatic nitrogens is 2. The highest BCUT2D eigenvalue weighted by Gasteiger charge is 2.36. The first kappa shape index (κ1) is 15.4. The Balaban J connectivity index is 1.84. The number of nitrogens with zero attached hydrogens (tertiary/aromatic N) is 2. The normalized spacial score (nSPS) is 15.2. The van der Waals surface area contributed by atoms with Crippen molar-refractivity contribution in [3.63, 3.8) is 0 Å². The number of allylic oxidation sites excluding steroid dienone is 1. The standard InChI is InChI=1S/C21H19N3O/c1-25-22-15-20-18-12-13-21(14-19(18)23-24-20,16-8-4-2-5-9-16)17-10-6-3-7-11-17/h2-13,15H,14H2,1H3,(H,23,24)/b22-15+. The number of aromatic amines is 1. The summed E-state index contributed by atoms with van der Waals surface area (Å²) in [5, 5.41) is 11.4. The maximum Gasteiger partial charge on any atom is 0.114 e. The molecule has 4 rings (SSSR count). The molecule has 2 aromatic carbocycles. The van der Waals surface area contributed by atoms with E-state index in [1.54, 1.807) is 6.21 Å². The van der Waals surface area contributed by atoms with Gasteiger partial charge in [-0.2, -0.15) is 5.10 Å². The molecule has 0 amide bonds. The second kappa shape index (κ2) is 6.40. The van der Waals surface area contributed by atoms with Crippen LogP contribution in [0.2, 0.25) is 0 Å². The van der Waals surface area contributed by atoms with Crippen molar-refractivity contribution in [2.45, 2.75) is 11.8 Å². The van der Waals surface area contributed by atoms with Gasteiger partial charge in [0.15, 0.2) is 0 Å². The van der Waals surface area contributed by atoms with Gasteiger partial charge < -0.3 is 4.84 Å². The Labute approximate surface area is 146 Å². The second-order valence-electron chi connectivity index (χ2n) is 6.13. The predicted molar refractivity (Wildman–Crippen MR) is 99.6 cm³/mol. The number of hydrogen-bond acceptors (Lipinski definition) is 3. The molecule has 1 N–H and O–H groups in total. The number of hydrogen-bond donors (Lipinski definition) is 1. The van der Waals surface area contributed by atoms with E-state index in [9.17, 15) is 0 Å². The van der Waals surface area contributed by atoms with Crippen LogP contribution in [0, 0.1) is 0 Å². The Morgan fingerprint density at radius 2 is 1.68 bits per heavy atom. The van der Waals surface area contributed by atoms with Crippen LogP contribution in [0.3, 0.4) is 0 Å². The summed E-state index contributed by atoms with van der Waals surface area (Å²) >= 11 is 0. The minimum Gasteiger partial charge on any atom is -0.399 e. The van der Waals surface area contributed by atoms with Gasteiger partial charge in [0, 0.05) is 23.1 Å². The molecule has 4 nitrogen and oxygen atoms in total. The highest BCUT2D eigenvalue weighted by Crippen LogP contribution is 2.41. The molecule has 0 fully saturated rings. The summed E-state index contributed by atoms with van der Waals surface area (Å²) in [6.07, 6.45) is 6.87. The van der Waals surface area contributed by atoms with Crippen LogP contribution in [0.25, 0.3) is 6.08 Å². The molecule has 3 aromatic rings. The number of rotatable bonds is 4. The third-order valence-electron chi connectivity index (χ3n) is 4.76. The van der Waals surface area contributed by atoms with Crippen LogP contribution in [0.1, 0.15) is 28.1 Å². The Morgan fingerprint density at radius 1 is 1.04 bits per heavy atom. The average molecular weight is 329 g/mol. The summed E-state index contributed by atoms with van der Waals surface area (Å²) in [4.78, 5) is 4.78. The van der Waals surface area contributed by atoms with E-state index >= 15 is 0 Å². The van der Waals surface area contributed by atoms with Crippen molar-refractivity contribution in [3.8, 4) is 0 Å². The fourth-order valence-corrected chi connectivity index (χ4v) is 3.52. The van der Waals surface area contributed by atoms with E-state index in [2.05, 4.69) is 88.2 Å². The summed E-state index contributed by atoms with van der Waals surface area (Å²) in [7, 11) is 1.53. The predicted octanol–water partition coefficient (Wildman–Crippen LogP) is 3.95. The fourth-order valence-electron chi connectivity index (χ4n) is 3.52. The summed E-state index contributed by atoms with van der Waals surface area (Å²) in [5.41, 5.74) is 5.30. The van der Waals surface area contributed by atoms with Crippen molar-refractivity contribution < 1.29 is 4.84 Å². The highest BCUT2D eigenvalue weighted by molar-refractivity contribution is 5.84. The average Bonchev–Trinajstić information content (AvgIpc) is 3.09. The summed E-state index contributed by atoms with van der Waals surface area (Å²) < 4.78 is 0. The zero-order valence-corrected chi connectivity index (χ0v) is 14.0. The number of nitrogens with one attached hydrogen (secondary N) is 1. The molecule has 0 spiro atoms. The van der Waals surface area contributed by atoms with Crippen molar-refractivity contribution in [3.05, 3.63) is 94.8 Å². The highest BCUT2D eigenvalue weighted by atomic mass is 16.6. The quantitative estimate of drug-likeness (QED) is 0.582. The van der Waals surface area contributed by atoms with Crippen LogP contribution in [0.4, 0.5) is 0 Å². The van der Waals surface area contributed by atoms with Crippen LogP contribution in [-0.4, -0.2) is 23.5 Å². The zero-order chi connectivity index (χ0) is 17.1. The molecule has 1 aromatic heterocycles. The van der Waals surface area contributed by atoms with Gasteiger partial charge in [-0.05, 0) is 11.1 Å². The van der Waals surface area contributed by atoms with Crippen molar-refractivity contribution in [1.82, 2.24) is 10.2 Å². The molecule has 4 heteroatoms. The monoisotopic (exact) mass is 329 g/mol. The van der Waals surface area contributed by atoms with Gasteiger partial charge in [-0.25, -0.2) is 0 Å². The molecule has 1 aliphatic carbocycles. The largest absolute Gasteiger partial charge is 0.399 e. The van der Waals surface area contributed by atoms with E-state index in [1.807, 2.05) is 0 Å². The lowest BCUT2D eigenvalue weighted by Gasteiger charge is -2.34. The summed E-state index contributed by atoms with van der Waals surface area (Å²) in [6.45, 7) is 0. The lowest BCUT2D eigenvalue weighted by Crippen LogP contribution is -2.30. The molecule has 0 saturated heterocycles. The molecule has 0 aliphatic heterocycles. The van der Waals surface area contributed by atoms with Crippen LogP contribution in [0.15, 0.2) is 71.9 Å². The van der Waals surface area contributed by atoms with Gasteiger partial charge in [-0.15, -0.1) is 0 Å². The van der Waals surface area contributed by atoms with E-state index in [4.69, 9.17) is 4.84 Å². The van der Waals surface area contributed by atoms with Gasteiger partial charge in [-0.3, -0.25) is 5.10 Å². The Bertz CT molecular complexity index is 871. The minimum atomic E-state index is -0.211. The first-order chi connectivity index (χ1) is 12.3. The lowest BCUT2D eigenvalue weighted by molar-refractivity contribution is 0.215. The van der Waals surface area contributed by atoms with Crippen LogP contribution >= 0.6 is 0 Å². The zero-order valence-electron chi connectivity index (χ0n) is 14.0. The Hall–Kier alpha value is -3.14. The van der Waals surface area contributed by atoms with Gasteiger partial charge in [0.25, 0.3) is 0 Å². The lowest BCUT2D eigenvalue weighted by atomic mass is 9.68. The third-order valence-corrected chi connectivity index (χ3v) is 4.76. The SMILES string of the molecule is CO/N=C/c1n[nH]c2c1C=CC(c1ccccc1)(c1ccccc1)C2. The van der Waals surface area contributed by atoms with Gasteiger partial charge in [0.2, 0.25) is 0 Å². The maximum absolute atomic E-state index is 4.78. The van der Waals surface area contributed by atoms with Crippen molar-refractivity contribution in [1.29, 1.82) is 0 Å². The molecule has 0 saturated carbocycles. The first-order valence-corrected chi connectivity index (χ1v) is 8.27. The Morgan fingerprint density at radius 3 is 2.28 bits per heavy atom. The Kier molecular flexibility index (Phi) is 3.94.